The van der Waals surface area contributed by atoms with Crippen molar-refractivity contribution < 1.29 is 4.79 Å². The molecule has 118 valence electrons. The minimum atomic E-state index is -0.352. The summed E-state index contributed by atoms with van der Waals surface area (Å²) >= 11 is 5.89. The lowest BCUT2D eigenvalue weighted by atomic mass is 10.0. The van der Waals surface area contributed by atoms with Crippen LogP contribution >= 0.6 is 11.6 Å². The van der Waals surface area contributed by atoms with E-state index >= 15 is 0 Å². The quantitative estimate of drug-likeness (QED) is 0.847. The summed E-state index contributed by atoms with van der Waals surface area (Å²) in [6.45, 7) is 5.37. The molecule has 1 fully saturated rings. The van der Waals surface area contributed by atoms with Crippen LogP contribution in [0.25, 0.3) is 0 Å². The van der Waals surface area contributed by atoms with Crippen LogP contribution in [0.2, 0.25) is 5.02 Å². The average Bonchev–Trinajstić information content (AvgIpc) is 2.96. The van der Waals surface area contributed by atoms with Crippen molar-refractivity contribution in [1.82, 2.24) is 10.0 Å². The van der Waals surface area contributed by atoms with Gasteiger partial charge in [0.2, 0.25) is 0 Å². The predicted molar refractivity (Wildman–Crippen MR) is 87.0 cm³/mol. The Morgan fingerprint density at radius 2 is 2.05 bits per heavy atom. The molecule has 0 aromatic heterocycles. The number of carbonyl (C=O) groups is 1. The van der Waals surface area contributed by atoms with Gasteiger partial charge in [0.05, 0.1) is 6.54 Å². The predicted octanol–water partition coefficient (Wildman–Crippen LogP) is 3.10. The van der Waals surface area contributed by atoms with Crippen molar-refractivity contribution >= 4 is 23.2 Å². The van der Waals surface area contributed by atoms with Gasteiger partial charge in [-0.15, -0.1) is 0 Å². The Balaban J connectivity index is 2.13. The van der Waals surface area contributed by atoms with Crippen LogP contribution in [0.1, 0.15) is 26.7 Å². The van der Waals surface area contributed by atoms with Crippen LogP contribution in [0.5, 0.6) is 0 Å². The van der Waals surface area contributed by atoms with Crippen molar-refractivity contribution in [2.45, 2.75) is 32.7 Å². The lowest BCUT2D eigenvalue weighted by Crippen LogP contribution is -2.47. The Kier molecular flexibility index (Phi) is 5.51. The molecule has 0 radical (unpaired) electrons. The lowest BCUT2D eigenvalue weighted by Gasteiger charge is -2.29. The molecule has 22 heavy (non-hydrogen) atoms. The van der Waals surface area contributed by atoms with Gasteiger partial charge < -0.3 is 5.32 Å². The first-order valence-corrected chi connectivity index (χ1v) is 7.89. The molecular formula is C16H21ClN4O. The summed E-state index contributed by atoms with van der Waals surface area (Å²) in [5, 5.41) is 16.0. The molecule has 1 aromatic rings. The standard InChI is InChI=1S/C16H21ClN4O/c1-12(2)10-15(19-14-6-4-13(17)5-7-14)16(22)21-9-3-8-20(21)11-18/h4-7,12,15,19H,3,8-10H2,1-2H3. The van der Waals surface area contributed by atoms with Crippen molar-refractivity contribution in [2.24, 2.45) is 5.92 Å². The first-order chi connectivity index (χ1) is 10.5. The van der Waals surface area contributed by atoms with Crippen LogP contribution in [-0.2, 0) is 4.79 Å². The van der Waals surface area contributed by atoms with E-state index in [9.17, 15) is 4.79 Å². The van der Waals surface area contributed by atoms with Crippen molar-refractivity contribution in [2.75, 3.05) is 18.4 Å². The highest BCUT2D eigenvalue weighted by molar-refractivity contribution is 6.30. The van der Waals surface area contributed by atoms with Crippen LogP contribution < -0.4 is 5.32 Å². The number of hydrazine groups is 1. The summed E-state index contributed by atoms with van der Waals surface area (Å²) in [5.41, 5.74) is 0.853. The largest absolute Gasteiger partial charge is 0.374 e. The molecule has 1 unspecified atom stereocenters. The zero-order valence-electron chi connectivity index (χ0n) is 12.9. The van der Waals surface area contributed by atoms with Gasteiger partial charge in [-0.1, -0.05) is 25.4 Å². The Hall–Kier alpha value is -1.93. The van der Waals surface area contributed by atoms with E-state index in [1.165, 1.54) is 5.01 Å². The van der Waals surface area contributed by atoms with Crippen LogP contribution in [0.4, 0.5) is 5.69 Å². The molecule has 0 spiro atoms. The normalized spacial score (nSPS) is 15.8. The Labute approximate surface area is 136 Å². The molecule has 1 amide bonds. The van der Waals surface area contributed by atoms with Gasteiger partial charge in [-0.05, 0) is 43.0 Å². The van der Waals surface area contributed by atoms with Gasteiger partial charge >= 0.3 is 0 Å². The third-order valence-electron chi connectivity index (χ3n) is 3.59. The Morgan fingerprint density at radius 1 is 1.36 bits per heavy atom. The molecule has 6 heteroatoms. The fraction of sp³-hybridized carbons (Fsp3) is 0.500. The molecule has 1 aromatic carbocycles. The number of halogens is 1. The zero-order chi connectivity index (χ0) is 16.1. The third-order valence-corrected chi connectivity index (χ3v) is 3.84. The first-order valence-electron chi connectivity index (χ1n) is 7.52. The van der Waals surface area contributed by atoms with E-state index in [1.807, 2.05) is 12.1 Å². The van der Waals surface area contributed by atoms with Crippen LogP contribution in [0.15, 0.2) is 24.3 Å². The van der Waals surface area contributed by atoms with E-state index in [0.717, 1.165) is 12.1 Å². The molecule has 0 aliphatic carbocycles. The maximum atomic E-state index is 12.8. The van der Waals surface area contributed by atoms with Crippen LogP contribution in [0.3, 0.4) is 0 Å². The van der Waals surface area contributed by atoms with E-state index in [-0.39, 0.29) is 11.9 Å². The summed E-state index contributed by atoms with van der Waals surface area (Å²) in [7, 11) is 0. The van der Waals surface area contributed by atoms with E-state index in [0.29, 0.717) is 30.5 Å². The second-order valence-electron chi connectivity index (χ2n) is 5.87. The van der Waals surface area contributed by atoms with Crippen molar-refractivity contribution in [1.29, 1.82) is 5.26 Å². The summed E-state index contributed by atoms with van der Waals surface area (Å²) in [6, 6.07) is 6.94. The highest BCUT2D eigenvalue weighted by atomic mass is 35.5. The van der Waals surface area contributed by atoms with Gasteiger partial charge in [0.15, 0.2) is 6.19 Å². The van der Waals surface area contributed by atoms with Gasteiger partial charge in [-0.3, -0.25) is 4.79 Å². The molecule has 0 bridgehead atoms. The fourth-order valence-electron chi connectivity index (χ4n) is 2.56. The molecule has 1 heterocycles. The molecule has 5 nitrogen and oxygen atoms in total. The number of nitrogens with one attached hydrogen (secondary N) is 1. The Bertz CT molecular complexity index is 552. The minimum absolute atomic E-state index is 0.0531. The number of nitrogens with zero attached hydrogens (tertiary/aromatic N) is 3. The smallest absolute Gasteiger partial charge is 0.264 e. The topological polar surface area (TPSA) is 59.4 Å². The van der Waals surface area contributed by atoms with E-state index < -0.39 is 0 Å². The number of anilines is 1. The highest BCUT2D eigenvalue weighted by Gasteiger charge is 2.31. The maximum Gasteiger partial charge on any atom is 0.264 e. The molecule has 1 aliphatic heterocycles. The minimum Gasteiger partial charge on any atom is -0.374 e. The summed E-state index contributed by atoms with van der Waals surface area (Å²) in [4.78, 5) is 12.8. The Morgan fingerprint density at radius 3 is 2.64 bits per heavy atom. The molecule has 1 atom stereocenters. The lowest BCUT2D eigenvalue weighted by molar-refractivity contribution is -0.141. The third kappa shape index (κ3) is 4.05. The number of hydrogen-bond acceptors (Lipinski definition) is 4. The molecule has 2 rings (SSSR count). The van der Waals surface area contributed by atoms with Crippen molar-refractivity contribution in [3.63, 3.8) is 0 Å². The van der Waals surface area contributed by atoms with Crippen LogP contribution in [0, 0.1) is 17.4 Å². The SMILES string of the molecule is CC(C)CC(Nc1ccc(Cl)cc1)C(=O)N1CCCN1C#N. The zero-order valence-corrected chi connectivity index (χ0v) is 13.7. The molecule has 1 aliphatic rings. The number of benzene rings is 1. The molecule has 0 saturated carbocycles. The summed E-state index contributed by atoms with van der Waals surface area (Å²) < 4.78 is 0. The van der Waals surface area contributed by atoms with E-state index in [4.69, 9.17) is 16.9 Å². The second kappa shape index (κ2) is 7.37. The summed E-state index contributed by atoms with van der Waals surface area (Å²) in [6.07, 6.45) is 3.60. The second-order valence-corrected chi connectivity index (χ2v) is 6.31. The number of hydrogen-bond donors (Lipinski definition) is 1. The highest BCUT2D eigenvalue weighted by Crippen LogP contribution is 2.20. The van der Waals surface area contributed by atoms with Gasteiger partial charge in [-0.2, -0.15) is 5.26 Å². The van der Waals surface area contributed by atoms with Crippen LogP contribution in [-0.4, -0.2) is 35.1 Å². The number of nitriles is 1. The van der Waals surface area contributed by atoms with Gasteiger partial charge in [0, 0.05) is 17.3 Å². The van der Waals surface area contributed by atoms with E-state index in [2.05, 4.69) is 25.4 Å². The maximum absolute atomic E-state index is 12.8. The monoisotopic (exact) mass is 320 g/mol. The van der Waals surface area contributed by atoms with Gasteiger partial charge in [0.25, 0.3) is 5.91 Å². The van der Waals surface area contributed by atoms with E-state index in [1.54, 1.807) is 17.1 Å². The van der Waals surface area contributed by atoms with Crippen molar-refractivity contribution in [3.8, 4) is 6.19 Å². The van der Waals surface area contributed by atoms with Gasteiger partial charge in [-0.25, -0.2) is 10.0 Å². The molecular weight excluding hydrogens is 300 g/mol. The number of amides is 1. The van der Waals surface area contributed by atoms with Crippen molar-refractivity contribution in [3.05, 3.63) is 29.3 Å². The average molecular weight is 321 g/mol. The fourth-order valence-corrected chi connectivity index (χ4v) is 2.69. The summed E-state index contributed by atoms with van der Waals surface area (Å²) in [5.74, 6) is 0.314. The molecule has 1 saturated heterocycles. The number of rotatable bonds is 5. The molecule has 1 N–H and O–H groups in total. The van der Waals surface area contributed by atoms with Gasteiger partial charge in [0.1, 0.15) is 6.04 Å². The number of carbonyl (C=O) groups excluding carboxylic acids is 1. The first kappa shape index (κ1) is 16.4.